The molecule has 8 heteroatoms. The number of ether oxygens (including phenoxy) is 4. The maximum atomic E-state index is 9.99. The van der Waals surface area contributed by atoms with Crippen LogP contribution in [0.1, 0.15) is 40.0 Å². The van der Waals surface area contributed by atoms with Gasteiger partial charge in [-0.2, -0.15) is 0 Å². The van der Waals surface area contributed by atoms with Crippen LogP contribution in [0.25, 0.3) is 0 Å². The Morgan fingerprint density at radius 3 is 1.72 bits per heavy atom. The third kappa shape index (κ3) is 8.74. The van der Waals surface area contributed by atoms with E-state index in [4.69, 9.17) is 23.4 Å². The Hall–Kier alpha value is -1.62. The average molecular weight is 521 g/mol. The molecule has 2 N–H and O–H groups in total. The van der Waals surface area contributed by atoms with E-state index in [1.807, 2.05) is 12.1 Å². The van der Waals surface area contributed by atoms with Crippen molar-refractivity contribution in [2.75, 3.05) is 41.0 Å². The van der Waals surface area contributed by atoms with Gasteiger partial charge in [-0.25, -0.2) is 0 Å². The van der Waals surface area contributed by atoms with Crippen molar-refractivity contribution < 1.29 is 33.6 Å². The highest BCUT2D eigenvalue weighted by molar-refractivity contribution is 6.99. The van der Waals surface area contributed by atoms with Gasteiger partial charge in [-0.15, -0.1) is 0 Å². The highest BCUT2D eigenvalue weighted by Crippen LogP contribution is 2.37. The maximum Gasteiger partial charge on any atom is 0.261 e. The minimum Gasteiger partial charge on any atom is -0.407 e. The van der Waals surface area contributed by atoms with Crippen LogP contribution in [0.2, 0.25) is 5.04 Å². The van der Waals surface area contributed by atoms with Crippen LogP contribution in [-0.2, 0) is 23.4 Å². The van der Waals surface area contributed by atoms with E-state index in [0.717, 1.165) is 0 Å². The molecule has 0 bridgehead atoms. The first kappa shape index (κ1) is 30.6. The molecule has 3 atom stereocenters. The Bertz CT molecular complexity index is 789. The van der Waals surface area contributed by atoms with Gasteiger partial charge in [0.2, 0.25) is 0 Å². The van der Waals surface area contributed by atoms with E-state index in [2.05, 4.69) is 69.3 Å². The minimum absolute atomic E-state index is 0.0956. The van der Waals surface area contributed by atoms with Gasteiger partial charge in [-0.1, -0.05) is 81.4 Å². The lowest BCUT2D eigenvalue weighted by Gasteiger charge is -2.43. The van der Waals surface area contributed by atoms with E-state index >= 15 is 0 Å². The lowest BCUT2D eigenvalue weighted by molar-refractivity contribution is -0.125. The van der Waals surface area contributed by atoms with Gasteiger partial charge >= 0.3 is 0 Å². The van der Waals surface area contributed by atoms with Crippen molar-refractivity contribution in [3.8, 4) is 0 Å². The second-order valence-corrected chi connectivity index (χ2v) is 14.3. The highest BCUT2D eigenvalue weighted by Gasteiger charge is 2.50. The first-order chi connectivity index (χ1) is 17.3. The van der Waals surface area contributed by atoms with Crippen molar-refractivity contribution in [2.45, 2.75) is 63.4 Å². The van der Waals surface area contributed by atoms with Gasteiger partial charge in [0.15, 0.2) is 0 Å². The molecule has 0 aliphatic heterocycles. The summed E-state index contributed by atoms with van der Waals surface area (Å²) in [6.07, 6.45) is -0.0347. The molecule has 36 heavy (non-hydrogen) atoms. The molecule has 0 saturated heterocycles. The molecule has 0 aliphatic carbocycles. The fourth-order valence-corrected chi connectivity index (χ4v) is 9.19. The fourth-order valence-electron chi connectivity index (χ4n) is 4.61. The molecule has 2 aromatic carbocycles. The second kappa shape index (κ2) is 15.6. The molecule has 0 heterocycles. The molecule has 2 aromatic rings. The third-order valence-corrected chi connectivity index (χ3v) is 11.3. The number of benzene rings is 2. The summed E-state index contributed by atoms with van der Waals surface area (Å²) in [4.78, 5) is 0. The topological polar surface area (TPSA) is 86.6 Å². The first-order valence-corrected chi connectivity index (χ1v) is 14.4. The van der Waals surface area contributed by atoms with Gasteiger partial charge in [-0.05, 0) is 21.8 Å². The SMILES string of the molecule is COCO[C@@H](CCO[Si](c1ccccc1)(c1ccccc1)C(C)(C)C)C[C@H](C[C@@H](O)CO)OCOC. The molecular formula is C28H44O7Si. The van der Waals surface area contributed by atoms with Crippen molar-refractivity contribution in [2.24, 2.45) is 0 Å². The molecule has 0 radical (unpaired) electrons. The molecule has 7 nitrogen and oxygen atoms in total. The minimum atomic E-state index is -2.65. The van der Waals surface area contributed by atoms with Crippen molar-refractivity contribution >= 4 is 18.7 Å². The van der Waals surface area contributed by atoms with E-state index in [1.165, 1.54) is 10.4 Å². The lowest BCUT2D eigenvalue weighted by Crippen LogP contribution is -2.66. The summed E-state index contributed by atoms with van der Waals surface area (Å²) in [6.45, 7) is 7.16. The van der Waals surface area contributed by atoms with Crippen molar-refractivity contribution in [3.63, 3.8) is 0 Å². The van der Waals surface area contributed by atoms with Crippen molar-refractivity contribution in [1.82, 2.24) is 0 Å². The summed E-state index contributed by atoms with van der Waals surface area (Å²) in [5.74, 6) is 0. The number of hydrogen-bond acceptors (Lipinski definition) is 7. The Morgan fingerprint density at radius 1 is 0.778 bits per heavy atom. The van der Waals surface area contributed by atoms with Crippen LogP contribution in [-0.4, -0.2) is 77.9 Å². The normalized spacial score (nSPS) is 15.0. The quantitative estimate of drug-likeness (QED) is 0.245. The molecule has 0 saturated carbocycles. The van der Waals surface area contributed by atoms with Gasteiger partial charge in [0.25, 0.3) is 8.32 Å². The molecule has 0 spiro atoms. The summed E-state index contributed by atoms with van der Waals surface area (Å²) >= 11 is 0. The highest BCUT2D eigenvalue weighted by atomic mass is 28.4. The van der Waals surface area contributed by atoms with Crippen LogP contribution in [0.4, 0.5) is 0 Å². The Kier molecular flexibility index (Phi) is 13.2. The van der Waals surface area contributed by atoms with E-state index < -0.39 is 14.4 Å². The molecule has 0 aliphatic rings. The molecular weight excluding hydrogens is 476 g/mol. The standard InChI is InChI=1S/C28H44O7Si/c1-28(2,3)36(26-12-8-6-9-13-26,27-14-10-7-11-15-27)35-17-16-24(33-21-31-4)19-25(34-22-32-5)18-23(30)20-29/h6-15,23-25,29-30H,16-22H2,1-5H3/t23-,24+,25+/m1/s1. The summed E-state index contributed by atoms with van der Waals surface area (Å²) in [6, 6.07) is 21.1. The monoisotopic (exact) mass is 520 g/mol. The zero-order valence-corrected chi connectivity index (χ0v) is 23.4. The second-order valence-electron chi connectivity index (χ2n) is 10.00. The van der Waals surface area contributed by atoms with Crippen LogP contribution >= 0.6 is 0 Å². The van der Waals surface area contributed by atoms with Gasteiger partial charge in [0.05, 0.1) is 24.9 Å². The number of aliphatic hydroxyl groups is 2. The van der Waals surface area contributed by atoms with Crippen LogP contribution in [0.3, 0.4) is 0 Å². The Morgan fingerprint density at radius 2 is 1.28 bits per heavy atom. The molecule has 2 rings (SSSR count). The summed E-state index contributed by atoms with van der Waals surface area (Å²) in [5, 5.41) is 21.6. The van der Waals surface area contributed by atoms with E-state index in [-0.39, 0.29) is 43.9 Å². The van der Waals surface area contributed by atoms with E-state index in [1.54, 1.807) is 14.2 Å². The van der Waals surface area contributed by atoms with E-state index in [0.29, 0.717) is 19.4 Å². The van der Waals surface area contributed by atoms with Gasteiger partial charge in [0.1, 0.15) is 13.6 Å². The van der Waals surface area contributed by atoms with Gasteiger partial charge in [-0.3, -0.25) is 0 Å². The van der Waals surface area contributed by atoms with Crippen LogP contribution in [0, 0.1) is 0 Å². The fraction of sp³-hybridized carbons (Fsp3) is 0.571. The predicted octanol–water partition coefficient (Wildman–Crippen LogP) is 3.06. The Balaban J connectivity index is 2.27. The molecule has 0 aromatic heterocycles. The zero-order chi connectivity index (χ0) is 26.4. The molecule has 0 amide bonds. The largest absolute Gasteiger partial charge is 0.407 e. The summed E-state index contributed by atoms with van der Waals surface area (Å²) in [5.41, 5.74) is 0. The smallest absolute Gasteiger partial charge is 0.261 e. The van der Waals surface area contributed by atoms with Gasteiger partial charge < -0.3 is 33.6 Å². The molecule has 202 valence electrons. The number of aliphatic hydroxyl groups excluding tert-OH is 2. The van der Waals surface area contributed by atoms with E-state index in [9.17, 15) is 10.2 Å². The predicted molar refractivity (Wildman–Crippen MR) is 144 cm³/mol. The average Bonchev–Trinajstić information content (AvgIpc) is 2.88. The molecule has 0 unspecified atom stereocenters. The summed E-state index contributed by atoms with van der Waals surface area (Å²) < 4.78 is 29.0. The molecule has 0 fully saturated rings. The van der Waals surface area contributed by atoms with Crippen LogP contribution < -0.4 is 10.4 Å². The maximum absolute atomic E-state index is 9.99. The third-order valence-electron chi connectivity index (χ3n) is 6.29. The zero-order valence-electron chi connectivity index (χ0n) is 22.4. The Labute approximate surface area is 217 Å². The number of methoxy groups -OCH3 is 2. The van der Waals surface area contributed by atoms with Gasteiger partial charge in [0, 0.05) is 33.7 Å². The van der Waals surface area contributed by atoms with Crippen LogP contribution in [0.15, 0.2) is 60.7 Å². The number of hydrogen-bond donors (Lipinski definition) is 2. The van der Waals surface area contributed by atoms with Crippen molar-refractivity contribution in [1.29, 1.82) is 0 Å². The van der Waals surface area contributed by atoms with Crippen LogP contribution in [0.5, 0.6) is 0 Å². The van der Waals surface area contributed by atoms with Crippen molar-refractivity contribution in [3.05, 3.63) is 60.7 Å². The lowest BCUT2D eigenvalue weighted by atomic mass is 10.0. The summed E-state index contributed by atoms with van der Waals surface area (Å²) in [7, 11) is 0.488. The first-order valence-electron chi connectivity index (χ1n) is 12.5. The number of rotatable bonds is 17.